The maximum atomic E-state index is 11.5. The lowest BCUT2D eigenvalue weighted by Gasteiger charge is -2.44. The Kier molecular flexibility index (Phi) is 3.03. The van der Waals surface area contributed by atoms with Crippen LogP contribution >= 0.6 is 0 Å². The summed E-state index contributed by atoms with van der Waals surface area (Å²) in [4.78, 5) is 23.9. The first-order valence-electron chi connectivity index (χ1n) is 5.75. The predicted molar refractivity (Wildman–Crippen MR) is 56.1 cm³/mol. The standard InChI is InChI=1S/C11H17NO4/c13-9(14)7-11(3-1-4-11)8-12-5-2-6-16-10(12)15/h1-8H2,(H,13,14). The Morgan fingerprint density at radius 1 is 1.44 bits per heavy atom. The zero-order valence-corrected chi connectivity index (χ0v) is 9.28. The lowest BCUT2D eigenvalue weighted by Crippen LogP contribution is -2.48. The van der Waals surface area contributed by atoms with Crippen LogP contribution in [0.2, 0.25) is 0 Å². The summed E-state index contributed by atoms with van der Waals surface area (Å²) in [5, 5.41) is 8.87. The van der Waals surface area contributed by atoms with E-state index in [9.17, 15) is 9.59 Å². The highest BCUT2D eigenvalue weighted by molar-refractivity contribution is 5.70. The second kappa shape index (κ2) is 4.31. The maximum Gasteiger partial charge on any atom is 0.409 e. The molecule has 0 aromatic heterocycles. The highest BCUT2D eigenvalue weighted by Gasteiger charge is 2.42. The van der Waals surface area contributed by atoms with Crippen LogP contribution in [0.4, 0.5) is 4.79 Å². The molecule has 0 atom stereocenters. The Balaban J connectivity index is 1.95. The Morgan fingerprint density at radius 2 is 2.19 bits per heavy atom. The minimum atomic E-state index is -0.773. The number of amides is 1. The summed E-state index contributed by atoms with van der Waals surface area (Å²) < 4.78 is 4.95. The van der Waals surface area contributed by atoms with Crippen LogP contribution in [0.3, 0.4) is 0 Å². The Morgan fingerprint density at radius 3 is 2.69 bits per heavy atom. The quantitative estimate of drug-likeness (QED) is 0.789. The monoisotopic (exact) mass is 227 g/mol. The molecule has 1 aliphatic carbocycles. The van der Waals surface area contributed by atoms with Gasteiger partial charge in [-0.1, -0.05) is 6.42 Å². The summed E-state index contributed by atoms with van der Waals surface area (Å²) in [6.45, 7) is 1.72. The van der Waals surface area contributed by atoms with Gasteiger partial charge in [-0.2, -0.15) is 0 Å². The van der Waals surface area contributed by atoms with E-state index in [1.165, 1.54) is 0 Å². The van der Waals surface area contributed by atoms with Crippen LogP contribution in [0.25, 0.3) is 0 Å². The number of carbonyl (C=O) groups excluding carboxylic acids is 1. The van der Waals surface area contributed by atoms with Crippen molar-refractivity contribution >= 4 is 12.1 Å². The lowest BCUT2D eigenvalue weighted by molar-refractivity contribution is -0.142. The minimum Gasteiger partial charge on any atom is -0.481 e. The molecule has 16 heavy (non-hydrogen) atoms. The third-order valence-electron chi connectivity index (χ3n) is 3.52. The number of carbonyl (C=O) groups is 2. The average molecular weight is 227 g/mol. The predicted octanol–water partition coefficient (Wildman–Crippen LogP) is 1.47. The molecule has 0 aromatic carbocycles. The Hall–Kier alpha value is -1.26. The lowest BCUT2D eigenvalue weighted by atomic mass is 9.66. The van der Waals surface area contributed by atoms with Crippen LogP contribution in [0.5, 0.6) is 0 Å². The molecule has 0 radical (unpaired) electrons. The van der Waals surface area contributed by atoms with Gasteiger partial charge in [0, 0.05) is 13.1 Å². The number of hydrogen-bond acceptors (Lipinski definition) is 3. The van der Waals surface area contributed by atoms with Crippen LogP contribution < -0.4 is 0 Å². The first-order valence-corrected chi connectivity index (χ1v) is 5.75. The van der Waals surface area contributed by atoms with E-state index < -0.39 is 5.97 Å². The minimum absolute atomic E-state index is 0.163. The van der Waals surface area contributed by atoms with Crippen molar-refractivity contribution in [3.8, 4) is 0 Å². The summed E-state index contributed by atoms with van der Waals surface area (Å²) >= 11 is 0. The van der Waals surface area contributed by atoms with Crippen molar-refractivity contribution in [2.45, 2.75) is 32.1 Å². The highest BCUT2D eigenvalue weighted by Crippen LogP contribution is 2.44. The van der Waals surface area contributed by atoms with E-state index in [0.29, 0.717) is 19.7 Å². The summed E-state index contributed by atoms with van der Waals surface area (Å²) in [6.07, 6.45) is 3.59. The van der Waals surface area contributed by atoms with E-state index >= 15 is 0 Å². The van der Waals surface area contributed by atoms with Crippen LogP contribution in [0.15, 0.2) is 0 Å². The molecule has 1 amide bonds. The molecule has 2 rings (SSSR count). The molecule has 0 bridgehead atoms. The summed E-state index contributed by atoms with van der Waals surface area (Å²) in [7, 11) is 0. The average Bonchev–Trinajstić information content (AvgIpc) is 2.17. The van der Waals surface area contributed by atoms with Crippen LogP contribution in [0.1, 0.15) is 32.1 Å². The molecule has 5 heteroatoms. The van der Waals surface area contributed by atoms with Crippen LogP contribution in [0, 0.1) is 5.41 Å². The molecule has 1 heterocycles. The van der Waals surface area contributed by atoms with Gasteiger partial charge in [0.2, 0.25) is 0 Å². The van der Waals surface area contributed by atoms with Gasteiger partial charge in [0.05, 0.1) is 13.0 Å². The highest BCUT2D eigenvalue weighted by atomic mass is 16.6. The number of hydrogen-bond donors (Lipinski definition) is 1. The summed E-state index contributed by atoms with van der Waals surface area (Å²) in [6, 6.07) is 0. The molecule has 0 aromatic rings. The fourth-order valence-electron chi connectivity index (χ4n) is 2.53. The van der Waals surface area contributed by atoms with Crippen molar-refractivity contribution < 1.29 is 19.4 Å². The van der Waals surface area contributed by atoms with Gasteiger partial charge in [-0.05, 0) is 24.7 Å². The number of ether oxygens (including phenoxy) is 1. The fourth-order valence-corrected chi connectivity index (χ4v) is 2.53. The number of carboxylic acids is 1. The van der Waals surface area contributed by atoms with E-state index in [4.69, 9.17) is 9.84 Å². The van der Waals surface area contributed by atoms with Crippen molar-refractivity contribution in [3.05, 3.63) is 0 Å². The third kappa shape index (κ3) is 2.28. The van der Waals surface area contributed by atoms with Gasteiger partial charge in [-0.25, -0.2) is 4.79 Å². The first-order chi connectivity index (χ1) is 7.61. The molecule has 2 fully saturated rings. The molecule has 90 valence electrons. The molecule has 1 aliphatic heterocycles. The number of cyclic esters (lactones) is 1. The van der Waals surface area contributed by atoms with Gasteiger partial charge in [-0.3, -0.25) is 4.79 Å². The summed E-state index contributed by atoms with van der Waals surface area (Å²) in [5.74, 6) is -0.773. The van der Waals surface area contributed by atoms with Gasteiger partial charge in [-0.15, -0.1) is 0 Å². The normalized spacial score (nSPS) is 23.5. The zero-order chi connectivity index (χ0) is 11.6. The van der Waals surface area contributed by atoms with Gasteiger partial charge in [0.25, 0.3) is 0 Å². The second-order valence-electron chi connectivity index (χ2n) is 4.81. The van der Waals surface area contributed by atoms with E-state index in [2.05, 4.69) is 0 Å². The number of aliphatic carboxylic acids is 1. The van der Waals surface area contributed by atoms with Gasteiger partial charge < -0.3 is 14.7 Å². The zero-order valence-electron chi connectivity index (χ0n) is 9.28. The maximum absolute atomic E-state index is 11.5. The Labute approximate surface area is 94.4 Å². The topological polar surface area (TPSA) is 66.8 Å². The SMILES string of the molecule is O=C(O)CC1(CN2CCCOC2=O)CCC1. The largest absolute Gasteiger partial charge is 0.481 e. The van der Waals surface area contributed by atoms with E-state index in [1.54, 1.807) is 4.90 Å². The number of carboxylic acid groups (broad SMARTS) is 1. The summed E-state index contributed by atoms with van der Waals surface area (Å²) in [5.41, 5.74) is -0.192. The molecule has 1 saturated carbocycles. The number of nitrogens with zero attached hydrogens (tertiary/aromatic N) is 1. The van der Waals surface area contributed by atoms with Gasteiger partial charge in [0.1, 0.15) is 0 Å². The van der Waals surface area contributed by atoms with Crippen molar-refractivity contribution in [1.29, 1.82) is 0 Å². The van der Waals surface area contributed by atoms with E-state index in [0.717, 1.165) is 25.7 Å². The fraction of sp³-hybridized carbons (Fsp3) is 0.818. The molecule has 1 N–H and O–H groups in total. The van der Waals surface area contributed by atoms with Gasteiger partial charge >= 0.3 is 12.1 Å². The van der Waals surface area contributed by atoms with E-state index in [-0.39, 0.29) is 17.9 Å². The van der Waals surface area contributed by atoms with Crippen molar-refractivity contribution in [3.63, 3.8) is 0 Å². The van der Waals surface area contributed by atoms with Crippen LogP contribution in [-0.2, 0) is 9.53 Å². The van der Waals surface area contributed by atoms with E-state index in [1.807, 2.05) is 0 Å². The molecule has 1 saturated heterocycles. The second-order valence-corrected chi connectivity index (χ2v) is 4.81. The van der Waals surface area contributed by atoms with Crippen molar-refractivity contribution in [2.24, 2.45) is 5.41 Å². The van der Waals surface area contributed by atoms with Crippen molar-refractivity contribution in [2.75, 3.05) is 19.7 Å². The molecule has 5 nitrogen and oxygen atoms in total. The van der Waals surface area contributed by atoms with Crippen molar-refractivity contribution in [1.82, 2.24) is 4.90 Å². The molecular formula is C11H17NO4. The number of rotatable bonds is 4. The van der Waals surface area contributed by atoms with Crippen LogP contribution in [-0.4, -0.2) is 41.8 Å². The molecule has 0 spiro atoms. The molecule has 2 aliphatic rings. The molecular weight excluding hydrogens is 210 g/mol. The smallest absolute Gasteiger partial charge is 0.409 e. The van der Waals surface area contributed by atoms with Gasteiger partial charge in [0.15, 0.2) is 0 Å². The molecule has 0 unspecified atom stereocenters. The Bertz CT molecular complexity index is 298. The first kappa shape index (κ1) is 11.2. The third-order valence-corrected chi connectivity index (χ3v) is 3.52.